The zero-order chi connectivity index (χ0) is 24.9. The summed E-state index contributed by atoms with van der Waals surface area (Å²) in [5.74, 6) is 0.508. The average molecular weight is 493 g/mol. The number of hydrogen-bond acceptors (Lipinski definition) is 5. The number of likely N-dealkylation sites (tertiary alicyclic amines) is 1. The summed E-state index contributed by atoms with van der Waals surface area (Å²) in [5.41, 5.74) is 1.98. The maximum atomic E-state index is 13.5. The highest BCUT2D eigenvalue weighted by molar-refractivity contribution is 6.30. The SMILES string of the molecule is Cc1nc2cnc3c(cc(C(=O)NCc4ccc(Cl)cc4)c(=O)n3CC(=O)N3CC(C)C3)c2n1C. The molecule has 2 amide bonds. The third-order valence-corrected chi connectivity index (χ3v) is 6.74. The minimum Gasteiger partial charge on any atom is -0.348 e. The number of aryl methyl sites for hydroxylation is 2. The van der Waals surface area contributed by atoms with Crippen LogP contribution >= 0.6 is 11.6 Å². The number of pyridine rings is 2. The molecule has 180 valence electrons. The van der Waals surface area contributed by atoms with Gasteiger partial charge in [-0.3, -0.25) is 19.0 Å². The molecule has 0 saturated carbocycles. The lowest BCUT2D eigenvalue weighted by Crippen LogP contribution is -2.50. The largest absolute Gasteiger partial charge is 0.348 e. The summed E-state index contributed by atoms with van der Waals surface area (Å²) in [6.07, 6.45) is 1.59. The molecule has 1 aliphatic heterocycles. The van der Waals surface area contributed by atoms with Crippen LogP contribution in [0.5, 0.6) is 0 Å². The third-order valence-electron chi connectivity index (χ3n) is 6.49. The molecule has 35 heavy (non-hydrogen) atoms. The molecule has 1 saturated heterocycles. The number of imidazole rings is 1. The van der Waals surface area contributed by atoms with Crippen LogP contribution in [0.3, 0.4) is 0 Å². The molecule has 0 bridgehead atoms. The molecule has 0 atom stereocenters. The maximum absolute atomic E-state index is 13.5. The standard InChI is InChI=1S/C25H25ClN6O3/c1-14-11-31(12-14)21(33)13-32-23-18(22-20(10-27-23)29-15(2)30(22)3)8-19(25(32)35)24(34)28-9-16-4-6-17(26)7-5-16/h4-8,10,14H,9,11-13H2,1-3H3,(H,28,34). The normalized spacial score (nSPS) is 13.9. The summed E-state index contributed by atoms with van der Waals surface area (Å²) in [5, 5.41) is 3.99. The van der Waals surface area contributed by atoms with Crippen molar-refractivity contribution in [3.05, 3.63) is 68.9 Å². The van der Waals surface area contributed by atoms with Gasteiger partial charge in [-0.25, -0.2) is 9.97 Å². The Morgan fingerprint density at radius 1 is 1.20 bits per heavy atom. The quantitative estimate of drug-likeness (QED) is 0.461. The highest BCUT2D eigenvalue weighted by Gasteiger charge is 2.28. The van der Waals surface area contributed by atoms with E-state index in [-0.39, 0.29) is 24.6 Å². The molecule has 0 radical (unpaired) electrons. The Hall–Kier alpha value is -3.72. The lowest BCUT2D eigenvalue weighted by atomic mass is 10.0. The lowest BCUT2D eigenvalue weighted by Gasteiger charge is -2.37. The van der Waals surface area contributed by atoms with E-state index in [1.165, 1.54) is 4.57 Å². The van der Waals surface area contributed by atoms with Gasteiger partial charge in [-0.2, -0.15) is 0 Å². The van der Waals surface area contributed by atoms with E-state index in [0.29, 0.717) is 40.6 Å². The van der Waals surface area contributed by atoms with Crippen molar-refractivity contribution in [2.24, 2.45) is 13.0 Å². The van der Waals surface area contributed by atoms with Gasteiger partial charge in [0.2, 0.25) is 5.91 Å². The zero-order valence-corrected chi connectivity index (χ0v) is 20.5. The first-order valence-electron chi connectivity index (χ1n) is 11.4. The fourth-order valence-corrected chi connectivity index (χ4v) is 4.59. The number of fused-ring (bicyclic) bond motifs is 3. The molecule has 5 rings (SSSR count). The summed E-state index contributed by atoms with van der Waals surface area (Å²) in [7, 11) is 1.87. The Kier molecular flexibility index (Phi) is 5.80. The minimum atomic E-state index is -0.557. The van der Waals surface area contributed by atoms with Gasteiger partial charge in [-0.15, -0.1) is 0 Å². The Bertz CT molecular complexity index is 1530. The highest BCUT2D eigenvalue weighted by atomic mass is 35.5. The predicted molar refractivity (Wildman–Crippen MR) is 133 cm³/mol. The Morgan fingerprint density at radius 2 is 1.91 bits per heavy atom. The first-order chi connectivity index (χ1) is 16.7. The summed E-state index contributed by atoms with van der Waals surface area (Å²) in [6, 6.07) is 8.64. The van der Waals surface area contributed by atoms with E-state index < -0.39 is 11.5 Å². The second kappa shape index (κ2) is 8.81. The van der Waals surface area contributed by atoms with E-state index in [2.05, 4.69) is 22.2 Å². The van der Waals surface area contributed by atoms with Crippen LogP contribution in [0.15, 0.2) is 41.3 Å². The fourth-order valence-electron chi connectivity index (χ4n) is 4.46. The molecule has 3 aromatic heterocycles. The van der Waals surface area contributed by atoms with Gasteiger partial charge in [0.1, 0.15) is 29.1 Å². The summed E-state index contributed by atoms with van der Waals surface area (Å²) < 4.78 is 3.20. The summed E-state index contributed by atoms with van der Waals surface area (Å²) in [6.45, 7) is 5.30. The second-order valence-electron chi connectivity index (χ2n) is 9.11. The molecule has 1 aliphatic rings. The molecule has 1 fully saturated rings. The number of nitrogens with one attached hydrogen (secondary N) is 1. The number of rotatable bonds is 5. The van der Waals surface area contributed by atoms with Crippen LogP contribution in [0, 0.1) is 12.8 Å². The molecule has 10 heteroatoms. The van der Waals surface area contributed by atoms with Crippen molar-refractivity contribution >= 4 is 45.5 Å². The third kappa shape index (κ3) is 4.16. The van der Waals surface area contributed by atoms with E-state index in [1.807, 2.05) is 18.5 Å². The van der Waals surface area contributed by atoms with Gasteiger partial charge >= 0.3 is 0 Å². The maximum Gasteiger partial charge on any atom is 0.265 e. The number of nitrogens with zero attached hydrogens (tertiary/aromatic N) is 5. The van der Waals surface area contributed by atoms with Crippen molar-refractivity contribution in [3.8, 4) is 0 Å². The van der Waals surface area contributed by atoms with Crippen LogP contribution in [0.25, 0.3) is 22.1 Å². The number of aromatic nitrogens is 4. The monoisotopic (exact) mass is 492 g/mol. The van der Waals surface area contributed by atoms with Gasteiger partial charge in [0.25, 0.3) is 11.5 Å². The molecule has 4 aromatic rings. The Labute approximate surface area is 206 Å². The second-order valence-corrected chi connectivity index (χ2v) is 9.55. The van der Waals surface area contributed by atoms with Crippen LogP contribution in [-0.2, 0) is 24.9 Å². The fraction of sp³-hybridized carbons (Fsp3) is 0.320. The van der Waals surface area contributed by atoms with Gasteiger partial charge in [-0.1, -0.05) is 30.7 Å². The van der Waals surface area contributed by atoms with Gasteiger partial charge in [-0.05, 0) is 36.6 Å². The zero-order valence-electron chi connectivity index (χ0n) is 19.7. The number of carbonyl (C=O) groups is 2. The Balaban J connectivity index is 1.59. The van der Waals surface area contributed by atoms with E-state index >= 15 is 0 Å². The number of amides is 2. The summed E-state index contributed by atoms with van der Waals surface area (Å²) >= 11 is 5.94. The molecule has 4 heterocycles. The van der Waals surface area contributed by atoms with Crippen molar-refractivity contribution in [3.63, 3.8) is 0 Å². The lowest BCUT2D eigenvalue weighted by molar-refractivity contribution is -0.137. The van der Waals surface area contributed by atoms with Crippen LogP contribution in [0.1, 0.15) is 28.7 Å². The molecule has 9 nitrogen and oxygen atoms in total. The van der Waals surface area contributed by atoms with E-state index in [4.69, 9.17) is 11.6 Å². The molecule has 0 aliphatic carbocycles. The first-order valence-corrected chi connectivity index (χ1v) is 11.8. The number of hydrogen-bond donors (Lipinski definition) is 1. The van der Waals surface area contributed by atoms with Crippen molar-refractivity contribution in [2.75, 3.05) is 13.1 Å². The molecule has 0 spiro atoms. The van der Waals surface area contributed by atoms with Crippen molar-refractivity contribution < 1.29 is 9.59 Å². The number of benzene rings is 1. The van der Waals surface area contributed by atoms with Gasteiger partial charge < -0.3 is 14.8 Å². The van der Waals surface area contributed by atoms with Crippen LogP contribution in [0.2, 0.25) is 5.02 Å². The average Bonchev–Trinajstić information content (AvgIpc) is 3.11. The minimum absolute atomic E-state index is 0.0515. The van der Waals surface area contributed by atoms with Crippen molar-refractivity contribution in [2.45, 2.75) is 26.9 Å². The van der Waals surface area contributed by atoms with Gasteiger partial charge in [0, 0.05) is 37.1 Å². The number of carbonyl (C=O) groups excluding carboxylic acids is 2. The number of halogens is 1. The van der Waals surface area contributed by atoms with Crippen LogP contribution < -0.4 is 10.9 Å². The predicted octanol–water partition coefficient (Wildman–Crippen LogP) is 2.65. The summed E-state index contributed by atoms with van der Waals surface area (Å²) in [4.78, 5) is 50.3. The van der Waals surface area contributed by atoms with Gasteiger partial charge in [0.15, 0.2) is 0 Å². The highest BCUT2D eigenvalue weighted by Crippen LogP contribution is 2.24. The molecule has 0 unspecified atom stereocenters. The van der Waals surface area contributed by atoms with Crippen molar-refractivity contribution in [1.29, 1.82) is 0 Å². The van der Waals surface area contributed by atoms with E-state index in [9.17, 15) is 14.4 Å². The molecular formula is C25H25ClN6O3. The van der Waals surface area contributed by atoms with E-state index in [1.54, 1.807) is 41.4 Å². The first kappa shape index (κ1) is 23.0. The molecule has 1 N–H and O–H groups in total. The molecular weight excluding hydrogens is 468 g/mol. The van der Waals surface area contributed by atoms with Crippen molar-refractivity contribution in [1.82, 2.24) is 29.3 Å². The van der Waals surface area contributed by atoms with Crippen LogP contribution in [0.4, 0.5) is 0 Å². The smallest absolute Gasteiger partial charge is 0.265 e. The topological polar surface area (TPSA) is 102 Å². The Morgan fingerprint density at radius 3 is 2.60 bits per heavy atom. The van der Waals surface area contributed by atoms with E-state index in [0.717, 1.165) is 16.9 Å². The van der Waals surface area contributed by atoms with Gasteiger partial charge in [0.05, 0.1) is 11.7 Å². The molecule has 1 aromatic carbocycles. The van der Waals surface area contributed by atoms with Crippen LogP contribution in [-0.4, -0.2) is 48.9 Å².